The molecule has 1 amide bonds. The van der Waals surface area contributed by atoms with Crippen LogP contribution in [-0.4, -0.2) is 43.3 Å². The highest BCUT2D eigenvalue weighted by molar-refractivity contribution is 7.22. The van der Waals surface area contributed by atoms with Gasteiger partial charge in [0.1, 0.15) is 16.1 Å². The zero-order chi connectivity index (χ0) is 20.1. The van der Waals surface area contributed by atoms with Crippen molar-refractivity contribution in [1.82, 2.24) is 25.1 Å². The molecule has 4 rings (SSSR count). The molecule has 1 aliphatic rings. The van der Waals surface area contributed by atoms with Crippen molar-refractivity contribution in [3.63, 3.8) is 0 Å². The van der Waals surface area contributed by atoms with Crippen molar-refractivity contribution in [3.8, 4) is 10.4 Å². The number of hydrogen-bond donors (Lipinski definition) is 2. The lowest BCUT2D eigenvalue weighted by molar-refractivity contribution is 0.0218. The minimum Gasteiger partial charge on any atom is -0.444 e. The van der Waals surface area contributed by atoms with Gasteiger partial charge in [0.05, 0.1) is 17.8 Å². The molecule has 4 heterocycles. The molecular weight excluding hydrogens is 378 g/mol. The zero-order valence-corrected chi connectivity index (χ0v) is 17.1. The number of nitrogens with one attached hydrogen (secondary N) is 2. The van der Waals surface area contributed by atoms with Crippen LogP contribution in [0.3, 0.4) is 0 Å². The van der Waals surface area contributed by atoms with Gasteiger partial charge >= 0.3 is 6.09 Å². The fourth-order valence-corrected chi connectivity index (χ4v) is 4.50. The lowest BCUT2D eigenvalue weighted by atomic mass is 10.2. The largest absolute Gasteiger partial charge is 0.444 e. The van der Waals surface area contributed by atoms with Gasteiger partial charge in [0, 0.05) is 22.7 Å². The van der Waals surface area contributed by atoms with E-state index in [1.165, 1.54) is 11.3 Å². The number of rotatable bonds is 2. The number of aromatic nitrogens is 4. The fraction of sp³-hybridized carbons (Fsp3) is 0.474. The molecule has 2 N–H and O–H groups in total. The molecule has 28 heavy (non-hydrogen) atoms. The molecule has 3 aromatic rings. The van der Waals surface area contributed by atoms with E-state index in [4.69, 9.17) is 4.74 Å². The Morgan fingerprint density at radius 1 is 1.39 bits per heavy atom. The topological polar surface area (TPSA) is 104 Å². The Morgan fingerprint density at radius 2 is 2.18 bits per heavy atom. The summed E-state index contributed by atoms with van der Waals surface area (Å²) >= 11 is 1.39. The molecule has 3 aromatic heterocycles. The Labute approximate surface area is 165 Å². The summed E-state index contributed by atoms with van der Waals surface area (Å²) in [6, 6.07) is 1.62. The fourth-order valence-electron chi connectivity index (χ4n) is 3.44. The number of aryl methyl sites for hydroxylation is 1. The number of carbonyl (C=O) groups is 1. The number of hydrogen-bond acceptors (Lipinski definition) is 6. The van der Waals surface area contributed by atoms with Gasteiger partial charge in [-0.3, -0.25) is 14.8 Å². The molecule has 0 spiro atoms. The summed E-state index contributed by atoms with van der Waals surface area (Å²) in [4.78, 5) is 35.4. The number of aromatic amines is 2. The van der Waals surface area contributed by atoms with Crippen LogP contribution < -0.4 is 5.56 Å². The first-order valence-corrected chi connectivity index (χ1v) is 10.1. The quantitative estimate of drug-likeness (QED) is 0.680. The summed E-state index contributed by atoms with van der Waals surface area (Å²) in [6.45, 7) is 8.05. The van der Waals surface area contributed by atoms with Crippen LogP contribution in [0.5, 0.6) is 0 Å². The minimum absolute atomic E-state index is 0.187. The molecule has 0 aliphatic carbocycles. The van der Waals surface area contributed by atoms with E-state index in [9.17, 15) is 9.59 Å². The van der Waals surface area contributed by atoms with Crippen molar-refractivity contribution < 1.29 is 9.53 Å². The predicted octanol–water partition coefficient (Wildman–Crippen LogP) is 3.76. The van der Waals surface area contributed by atoms with Gasteiger partial charge in [0.15, 0.2) is 0 Å². The Bertz CT molecular complexity index is 1090. The normalized spacial score (nSPS) is 17.4. The van der Waals surface area contributed by atoms with Gasteiger partial charge in [-0.25, -0.2) is 9.78 Å². The van der Waals surface area contributed by atoms with Gasteiger partial charge in [-0.15, -0.1) is 11.3 Å². The first kappa shape index (κ1) is 18.7. The second-order valence-electron chi connectivity index (χ2n) is 8.02. The van der Waals surface area contributed by atoms with Gasteiger partial charge < -0.3 is 9.72 Å². The molecule has 9 heteroatoms. The van der Waals surface area contributed by atoms with Crippen LogP contribution in [0.2, 0.25) is 0 Å². The Hall–Kier alpha value is -2.68. The molecule has 0 radical (unpaired) electrons. The second-order valence-corrected chi connectivity index (χ2v) is 9.07. The maximum Gasteiger partial charge on any atom is 0.410 e. The third-order valence-corrected chi connectivity index (χ3v) is 5.85. The SMILES string of the molecule is Cc1[nH]ncc1-c1cc2nc([C@@H]3CCCN3C(=O)OC(C)(C)C)[nH]c(=O)c2s1. The van der Waals surface area contributed by atoms with Crippen LogP contribution in [0, 0.1) is 6.92 Å². The highest BCUT2D eigenvalue weighted by atomic mass is 32.1. The van der Waals surface area contributed by atoms with Crippen LogP contribution in [0.15, 0.2) is 17.1 Å². The number of amides is 1. The van der Waals surface area contributed by atoms with E-state index in [1.54, 1.807) is 11.1 Å². The smallest absolute Gasteiger partial charge is 0.410 e. The number of fused-ring (bicyclic) bond motifs is 1. The lowest BCUT2D eigenvalue weighted by Gasteiger charge is -2.28. The molecule has 0 bridgehead atoms. The van der Waals surface area contributed by atoms with Crippen molar-refractivity contribution in [2.75, 3.05) is 6.54 Å². The average Bonchev–Trinajstić information content (AvgIpc) is 3.30. The lowest BCUT2D eigenvalue weighted by Crippen LogP contribution is -2.37. The van der Waals surface area contributed by atoms with Gasteiger partial charge in [0.2, 0.25) is 0 Å². The molecule has 0 unspecified atom stereocenters. The molecule has 148 valence electrons. The molecule has 0 aromatic carbocycles. The van der Waals surface area contributed by atoms with Gasteiger partial charge in [-0.2, -0.15) is 5.10 Å². The zero-order valence-electron chi connectivity index (χ0n) is 16.3. The summed E-state index contributed by atoms with van der Waals surface area (Å²) in [5.74, 6) is 0.508. The van der Waals surface area contributed by atoms with Crippen LogP contribution in [0.25, 0.3) is 20.7 Å². The highest BCUT2D eigenvalue weighted by Crippen LogP contribution is 2.35. The van der Waals surface area contributed by atoms with Crippen molar-refractivity contribution in [2.45, 2.75) is 52.2 Å². The minimum atomic E-state index is -0.570. The number of thiophene rings is 1. The second kappa shape index (κ2) is 6.73. The van der Waals surface area contributed by atoms with E-state index in [1.807, 2.05) is 33.8 Å². The maximum absolute atomic E-state index is 12.7. The van der Waals surface area contributed by atoms with E-state index < -0.39 is 5.60 Å². The first-order valence-electron chi connectivity index (χ1n) is 9.26. The third kappa shape index (κ3) is 3.42. The number of nitrogens with zero attached hydrogens (tertiary/aromatic N) is 3. The molecule has 1 aliphatic heterocycles. The molecule has 8 nitrogen and oxygen atoms in total. The van der Waals surface area contributed by atoms with Crippen LogP contribution in [0.4, 0.5) is 4.79 Å². The molecule has 0 saturated carbocycles. The van der Waals surface area contributed by atoms with E-state index in [0.717, 1.165) is 29.0 Å². The van der Waals surface area contributed by atoms with E-state index >= 15 is 0 Å². The Balaban J connectivity index is 1.70. The molecular formula is C19H23N5O3S. The Morgan fingerprint density at radius 3 is 2.86 bits per heavy atom. The number of H-pyrrole nitrogens is 2. The molecule has 1 fully saturated rings. The summed E-state index contributed by atoms with van der Waals surface area (Å²) in [6.07, 6.45) is 2.95. The monoisotopic (exact) mass is 401 g/mol. The maximum atomic E-state index is 12.7. The predicted molar refractivity (Wildman–Crippen MR) is 107 cm³/mol. The van der Waals surface area contributed by atoms with E-state index in [2.05, 4.69) is 20.2 Å². The van der Waals surface area contributed by atoms with Gasteiger partial charge in [-0.1, -0.05) is 0 Å². The van der Waals surface area contributed by atoms with E-state index in [0.29, 0.717) is 22.6 Å². The number of likely N-dealkylation sites (tertiary alicyclic amines) is 1. The summed E-state index contributed by atoms with van der Waals surface area (Å²) in [5, 5.41) is 6.96. The average molecular weight is 401 g/mol. The first-order chi connectivity index (χ1) is 13.2. The van der Waals surface area contributed by atoms with Crippen LogP contribution in [-0.2, 0) is 4.74 Å². The van der Waals surface area contributed by atoms with Gasteiger partial charge in [-0.05, 0) is 46.6 Å². The summed E-state index contributed by atoms with van der Waals surface area (Å²) in [5.41, 5.74) is 1.78. The highest BCUT2D eigenvalue weighted by Gasteiger charge is 2.35. The summed E-state index contributed by atoms with van der Waals surface area (Å²) < 4.78 is 6.09. The van der Waals surface area contributed by atoms with Crippen LogP contribution >= 0.6 is 11.3 Å². The van der Waals surface area contributed by atoms with Crippen molar-refractivity contribution in [3.05, 3.63) is 34.1 Å². The number of ether oxygens (including phenoxy) is 1. The van der Waals surface area contributed by atoms with Crippen molar-refractivity contribution in [1.29, 1.82) is 0 Å². The summed E-state index contributed by atoms with van der Waals surface area (Å²) in [7, 11) is 0. The molecule has 1 saturated heterocycles. The standard InChI is InChI=1S/C19H23N5O3S/c1-10-11(9-20-23-10)14-8-12-15(28-14)17(25)22-16(21-12)13-6-5-7-24(13)18(26)27-19(2,3)4/h8-9,13H,5-7H2,1-4H3,(H,20,23)(H,21,22,25)/t13-/m0/s1. The van der Waals surface area contributed by atoms with E-state index in [-0.39, 0.29) is 17.7 Å². The van der Waals surface area contributed by atoms with Crippen molar-refractivity contribution >= 4 is 27.6 Å². The van der Waals surface area contributed by atoms with Crippen LogP contribution in [0.1, 0.15) is 51.2 Å². The Kier molecular flexibility index (Phi) is 4.49. The third-order valence-electron chi connectivity index (χ3n) is 4.69. The van der Waals surface area contributed by atoms with Crippen molar-refractivity contribution in [2.24, 2.45) is 0 Å². The molecule has 1 atom stereocenters. The number of carbonyl (C=O) groups excluding carboxylic acids is 1. The van der Waals surface area contributed by atoms with Gasteiger partial charge in [0.25, 0.3) is 5.56 Å².